The Balaban J connectivity index is 1.40. The molecule has 1 saturated heterocycles. The second kappa shape index (κ2) is 10.3. The van der Waals surface area contributed by atoms with E-state index in [1.54, 1.807) is 0 Å². The monoisotopic (exact) mass is 456 g/mol. The molecule has 0 saturated carbocycles. The molecule has 0 bridgehead atoms. The minimum absolute atomic E-state index is 0.272. The molecule has 176 valence electrons. The number of aryl methyl sites for hydroxylation is 1. The molecular weight excluding hydrogens is 426 g/mol. The van der Waals surface area contributed by atoms with Crippen LogP contribution in [0.15, 0.2) is 42.7 Å². The largest absolute Gasteiger partial charge is 0.377 e. The van der Waals surface area contributed by atoms with E-state index in [4.69, 9.17) is 4.74 Å². The molecule has 1 aromatic heterocycles. The van der Waals surface area contributed by atoms with Gasteiger partial charge in [0.15, 0.2) is 0 Å². The summed E-state index contributed by atoms with van der Waals surface area (Å²) in [5.74, 6) is -0.973. The van der Waals surface area contributed by atoms with E-state index < -0.39 is 11.6 Å². The van der Waals surface area contributed by atoms with Crippen molar-refractivity contribution in [2.75, 3.05) is 50.6 Å². The highest BCUT2D eigenvalue weighted by Gasteiger charge is 2.20. The van der Waals surface area contributed by atoms with E-state index in [9.17, 15) is 8.78 Å². The Morgan fingerprint density at radius 1 is 1.03 bits per heavy atom. The summed E-state index contributed by atoms with van der Waals surface area (Å²) in [7, 11) is 4.10. The van der Waals surface area contributed by atoms with Gasteiger partial charge in [0.25, 0.3) is 0 Å². The zero-order valence-corrected chi connectivity index (χ0v) is 19.3. The number of likely N-dealkylation sites (N-methyl/N-ethyl adjacent to an activating group) is 1. The Kier molecular flexibility index (Phi) is 7.20. The van der Waals surface area contributed by atoms with Crippen LogP contribution in [0.3, 0.4) is 0 Å². The molecule has 1 N–H and O–H groups in total. The third-order valence-electron chi connectivity index (χ3n) is 5.62. The van der Waals surface area contributed by atoms with Crippen LogP contribution >= 0.6 is 0 Å². The van der Waals surface area contributed by atoms with E-state index in [0.717, 1.165) is 62.1 Å². The maximum absolute atomic E-state index is 13.5. The van der Waals surface area contributed by atoms with Gasteiger partial charge in [-0.1, -0.05) is 0 Å². The number of benzene rings is 2. The van der Waals surface area contributed by atoms with Crippen molar-refractivity contribution < 1.29 is 13.5 Å². The first-order valence-electron chi connectivity index (χ1n) is 11.1. The zero-order valence-electron chi connectivity index (χ0n) is 19.3. The fourth-order valence-electron chi connectivity index (χ4n) is 3.95. The Morgan fingerprint density at radius 3 is 2.45 bits per heavy atom. The number of nitrogens with zero attached hydrogens (tertiary/aromatic N) is 5. The summed E-state index contributed by atoms with van der Waals surface area (Å²) in [5.41, 5.74) is 3.38. The van der Waals surface area contributed by atoms with E-state index in [-0.39, 0.29) is 5.69 Å². The topological polar surface area (TPSA) is 58.5 Å². The van der Waals surface area contributed by atoms with Crippen LogP contribution in [-0.4, -0.2) is 66.1 Å². The molecule has 0 amide bonds. The van der Waals surface area contributed by atoms with Crippen molar-refractivity contribution in [1.82, 2.24) is 19.7 Å². The smallest absolute Gasteiger partial charge is 0.246 e. The van der Waals surface area contributed by atoms with Crippen molar-refractivity contribution in [3.8, 4) is 5.69 Å². The Labute approximate surface area is 193 Å². The number of nitrogens with one attached hydrogen (secondary N) is 1. The van der Waals surface area contributed by atoms with Gasteiger partial charge in [-0.3, -0.25) is 0 Å². The molecule has 1 aliphatic heterocycles. The SMILES string of the molecule is Cc1cc(Nc2ncn(-c3cc(F)cc(F)c3)n2)cc(N2CCC(OCCN(C)C)CC2)c1. The van der Waals surface area contributed by atoms with Gasteiger partial charge in [0.1, 0.15) is 18.0 Å². The fourth-order valence-corrected chi connectivity index (χ4v) is 3.95. The summed E-state index contributed by atoms with van der Waals surface area (Å²) in [6, 6.07) is 9.50. The first-order chi connectivity index (χ1) is 15.9. The van der Waals surface area contributed by atoms with Gasteiger partial charge in [0.2, 0.25) is 5.95 Å². The highest BCUT2D eigenvalue weighted by atomic mass is 19.1. The molecule has 33 heavy (non-hydrogen) atoms. The molecule has 2 aromatic carbocycles. The summed E-state index contributed by atoms with van der Waals surface area (Å²) < 4.78 is 34.4. The van der Waals surface area contributed by atoms with Crippen LogP contribution in [0, 0.1) is 18.6 Å². The molecule has 4 rings (SSSR count). The van der Waals surface area contributed by atoms with Crippen molar-refractivity contribution in [3.63, 3.8) is 0 Å². The Morgan fingerprint density at radius 2 is 1.76 bits per heavy atom. The number of halogens is 2. The number of aromatic nitrogens is 3. The molecule has 0 radical (unpaired) electrons. The summed E-state index contributed by atoms with van der Waals surface area (Å²) in [4.78, 5) is 8.73. The summed E-state index contributed by atoms with van der Waals surface area (Å²) in [6.45, 7) is 5.62. The van der Waals surface area contributed by atoms with Gasteiger partial charge in [-0.15, -0.1) is 5.10 Å². The standard InChI is InChI=1S/C24H30F2N6O/c1-17-10-20(28-24-27-16-32(29-24)22-13-18(25)12-19(26)14-22)15-21(11-17)31-6-4-23(5-7-31)33-9-8-30(2)3/h10-16,23H,4-9H2,1-3H3,(H,28,29). The van der Waals surface area contributed by atoms with Gasteiger partial charge in [-0.05, 0) is 69.8 Å². The second-order valence-electron chi connectivity index (χ2n) is 8.68. The lowest BCUT2D eigenvalue weighted by Gasteiger charge is -2.34. The molecule has 0 atom stereocenters. The molecule has 0 unspecified atom stereocenters. The number of anilines is 3. The molecule has 0 aliphatic carbocycles. The molecule has 1 aliphatic rings. The van der Waals surface area contributed by atoms with Crippen LogP contribution in [0.25, 0.3) is 5.69 Å². The third-order valence-corrected chi connectivity index (χ3v) is 5.62. The average molecular weight is 457 g/mol. The third kappa shape index (κ3) is 6.27. The van der Waals surface area contributed by atoms with Gasteiger partial charge in [0.05, 0.1) is 18.4 Å². The molecule has 7 nitrogen and oxygen atoms in total. The summed E-state index contributed by atoms with van der Waals surface area (Å²) >= 11 is 0. The van der Waals surface area contributed by atoms with Gasteiger partial charge in [-0.25, -0.2) is 13.5 Å². The average Bonchev–Trinajstić information content (AvgIpc) is 3.21. The van der Waals surface area contributed by atoms with Crippen molar-refractivity contribution in [3.05, 3.63) is 59.9 Å². The second-order valence-corrected chi connectivity index (χ2v) is 8.68. The molecule has 0 spiro atoms. The Hall–Kier alpha value is -3.04. The first-order valence-corrected chi connectivity index (χ1v) is 11.1. The van der Waals surface area contributed by atoms with Gasteiger partial charge >= 0.3 is 0 Å². The number of hydrogen-bond acceptors (Lipinski definition) is 6. The number of rotatable bonds is 8. The van der Waals surface area contributed by atoms with Gasteiger partial charge in [0, 0.05) is 37.1 Å². The molecule has 2 heterocycles. The van der Waals surface area contributed by atoms with Crippen LogP contribution in [0.1, 0.15) is 18.4 Å². The lowest BCUT2D eigenvalue weighted by atomic mass is 10.1. The Bertz CT molecular complexity index is 1060. The molecule has 9 heteroatoms. The highest BCUT2D eigenvalue weighted by Crippen LogP contribution is 2.27. The normalized spacial score (nSPS) is 14.8. The maximum Gasteiger partial charge on any atom is 0.246 e. The number of hydrogen-bond donors (Lipinski definition) is 1. The number of ether oxygens (including phenoxy) is 1. The lowest BCUT2D eigenvalue weighted by molar-refractivity contribution is 0.0294. The van der Waals surface area contributed by atoms with Gasteiger partial charge < -0.3 is 19.9 Å². The van der Waals surface area contributed by atoms with Crippen LogP contribution in [-0.2, 0) is 4.74 Å². The predicted octanol–water partition coefficient (Wildman–Crippen LogP) is 4.14. The van der Waals surface area contributed by atoms with Crippen molar-refractivity contribution >= 4 is 17.3 Å². The summed E-state index contributed by atoms with van der Waals surface area (Å²) in [5, 5.41) is 7.51. The molecular formula is C24H30F2N6O. The minimum Gasteiger partial charge on any atom is -0.377 e. The van der Waals surface area contributed by atoms with E-state index in [1.807, 2.05) is 13.0 Å². The van der Waals surface area contributed by atoms with Crippen LogP contribution in [0.5, 0.6) is 0 Å². The van der Waals surface area contributed by atoms with E-state index in [0.29, 0.717) is 12.1 Å². The maximum atomic E-state index is 13.5. The van der Waals surface area contributed by atoms with Crippen LogP contribution in [0.2, 0.25) is 0 Å². The highest BCUT2D eigenvalue weighted by molar-refractivity contribution is 5.64. The minimum atomic E-state index is -0.662. The quantitative estimate of drug-likeness (QED) is 0.550. The summed E-state index contributed by atoms with van der Waals surface area (Å²) in [6.07, 6.45) is 3.74. The van der Waals surface area contributed by atoms with Crippen LogP contribution in [0.4, 0.5) is 26.1 Å². The van der Waals surface area contributed by atoms with E-state index in [2.05, 4.69) is 51.4 Å². The molecule has 1 fully saturated rings. The first kappa shape index (κ1) is 23.1. The van der Waals surface area contributed by atoms with E-state index in [1.165, 1.54) is 23.1 Å². The predicted molar refractivity (Wildman–Crippen MR) is 125 cm³/mol. The van der Waals surface area contributed by atoms with Gasteiger partial charge in [-0.2, -0.15) is 4.98 Å². The van der Waals surface area contributed by atoms with Crippen LogP contribution < -0.4 is 10.2 Å². The molecule has 3 aromatic rings. The zero-order chi connectivity index (χ0) is 23.4. The fraction of sp³-hybridized carbons (Fsp3) is 0.417. The van der Waals surface area contributed by atoms with E-state index >= 15 is 0 Å². The van der Waals surface area contributed by atoms with Crippen molar-refractivity contribution in [2.45, 2.75) is 25.9 Å². The lowest BCUT2D eigenvalue weighted by Crippen LogP contribution is -2.37. The van der Waals surface area contributed by atoms with Crippen molar-refractivity contribution in [1.29, 1.82) is 0 Å². The van der Waals surface area contributed by atoms with Crippen molar-refractivity contribution in [2.24, 2.45) is 0 Å². The number of piperidine rings is 1.